The molecule has 0 unspecified atom stereocenters. The summed E-state index contributed by atoms with van der Waals surface area (Å²) in [7, 11) is 1.32. The van der Waals surface area contributed by atoms with Gasteiger partial charge in [0.25, 0.3) is 17.7 Å². The van der Waals surface area contributed by atoms with Gasteiger partial charge < -0.3 is 53.8 Å². The second kappa shape index (κ2) is 13.9. The van der Waals surface area contributed by atoms with Gasteiger partial charge >= 0.3 is 5.97 Å². The molecule has 3 aromatic rings. The van der Waals surface area contributed by atoms with E-state index in [1.54, 1.807) is 18.2 Å². The van der Waals surface area contributed by atoms with Crippen LogP contribution in [0.5, 0.6) is 29.0 Å². The Hall–Kier alpha value is -4.81. The first kappa shape index (κ1) is 31.6. The molecule has 3 heterocycles. The fourth-order valence-corrected chi connectivity index (χ4v) is 4.28. The lowest BCUT2D eigenvalue weighted by molar-refractivity contribution is -0.271. The zero-order valence-corrected chi connectivity index (χ0v) is 23.8. The maximum Gasteiger partial charge on any atom is 0.335 e. The lowest BCUT2D eigenvalue weighted by Crippen LogP contribution is -2.61. The molecule has 0 bridgehead atoms. The van der Waals surface area contributed by atoms with Crippen LogP contribution in [0, 0.1) is 5.82 Å². The summed E-state index contributed by atoms with van der Waals surface area (Å²) in [5.41, 5.74) is 0.426. The first-order chi connectivity index (χ1) is 21.7. The molecule has 1 aromatic heterocycles. The van der Waals surface area contributed by atoms with Crippen molar-refractivity contribution in [3.63, 3.8) is 0 Å². The average molecular weight is 651 g/mol. The quantitative estimate of drug-likeness (QED) is 0.182. The number of benzene rings is 2. The largest absolute Gasteiger partial charge is 0.479 e. The number of carboxylic acids is 1. The van der Waals surface area contributed by atoms with Crippen LogP contribution in [0.2, 0.25) is 5.02 Å². The van der Waals surface area contributed by atoms with Gasteiger partial charge in [-0.25, -0.2) is 4.79 Å². The summed E-state index contributed by atoms with van der Waals surface area (Å²) in [5.74, 6) is -3.74. The van der Waals surface area contributed by atoms with Gasteiger partial charge in [-0.2, -0.15) is 14.4 Å². The fourth-order valence-electron chi connectivity index (χ4n) is 4.07. The second-order valence-electron chi connectivity index (χ2n) is 9.14. The van der Waals surface area contributed by atoms with Crippen molar-refractivity contribution in [3.8, 4) is 29.0 Å². The molecule has 45 heavy (non-hydrogen) atoms. The van der Waals surface area contributed by atoms with Crippen molar-refractivity contribution in [1.29, 1.82) is 0 Å². The molecule has 4 N–H and O–H groups in total. The van der Waals surface area contributed by atoms with Gasteiger partial charge in [0.15, 0.2) is 18.4 Å². The molecule has 1 fully saturated rings. The first-order valence-electron chi connectivity index (χ1n) is 13.0. The molecule has 5 atom stereocenters. The predicted octanol–water partition coefficient (Wildman–Crippen LogP) is 1.84. The second-order valence-corrected chi connectivity index (χ2v) is 9.55. The van der Waals surface area contributed by atoms with Gasteiger partial charge in [0.2, 0.25) is 12.1 Å². The number of halogens is 2. The van der Waals surface area contributed by atoms with Gasteiger partial charge in [0.05, 0.1) is 10.6 Å². The van der Waals surface area contributed by atoms with Crippen molar-refractivity contribution in [1.82, 2.24) is 9.97 Å². The number of aromatic nitrogens is 2. The first-order valence-corrected chi connectivity index (χ1v) is 13.3. The highest BCUT2D eigenvalue weighted by molar-refractivity contribution is 6.45. The Morgan fingerprint density at radius 2 is 1.76 bits per heavy atom. The summed E-state index contributed by atoms with van der Waals surface area (Å²) in [6.07, 6.45) is -8.09. The lowest BCUT2D eigenvalue weighted by atomic mass is 9.99. The Kier molecular flexibility index (Phi) is 9.74. The Labute approximate surface area is 257 Å². The Morgan fingerprint density at radius 3 is 2.42 bits per heavy atom. The number of hydrogen-bond acceptors (Lipinski definition) is 15. The number of oxime groups is 2. The van der Waals surface area contributed by atoms with Crippen LogP contribution in [-0.4, -0.2) is 99.0 Å². The Morgan fingerprint density at radius 1 is 1.02 bits per heavy atom. The van der Waals surface area contributed by atoms with E-state index in [1.807, 2.05) is 0 Å². The molecular weight excluding hydrogens is 627 g/mol. The van der Waals surface area contributed by atoms with Crippen LogP contribution in [0.1, 0.15) is 5.56 Å². The van der Waals surface area contributed by atoms with Crippen LogP contribution >= 0.6 is 11.6 Å². The van der Waals surface area contributed by atoms with Crippen LogP contribution in [0.4, 0.5) is 4.39 Å². The number of aliphatic carboxylic acids is 1. The van der Waals surface area contributed by atoms with E-state index in [1.165, 1.54) is 31.4 Å². The Bertz CT molecular complexity index is 1610. The highest BCUT2D eigenvalue weighted by atomic mass is 35.5. The number of ether oxygens (including phenoxy) is 5. The van der Waals surface area contributed by atoms with Crippen LogP contribution in [0.25, 0.3) is 0 Å². The molecule has 5 rings (SSSR count). The molecule has 1 saturated heterocycles. The molecule has 0 spiro atoms. The molecule has 2 aliphatic rings. The zero-order chi connectivity index (χ0) is 32.1. The molecule has 2 aliphatic heterocycles. The summed E-state index contributed by atoms with van der Waals surface area (Å²) in [4.78, 5) is 29.0. The van der Waals surface area contributed by atoms with Gasteiger partial charge in [0, 0.05) is 6.07 Å². The molecular formula is C27H24ClFN4O12. The van der Waals surface area contributed by atoms with Gasteiger partial charge in [-0.05, 0) is 29.4 Å². The highest BCUT2D eigenvalue weighted by Gasteiger charge is 2.48. The number of carbonyl (C=O) groups is 1. The van der Waals surface area contributed by atoms with Crippen molar-refractivity contribution in [2.24, 2.45) is 10.3 Å². The number of rotatable bonds is 10. The summed E-state index contributed by atoms with van der Waals surface area (Å²) >= 11 is 6.30. The molecule has 2 aromatic carbocycles. The van der Waals surface area contributed by atoms with Crippen molar-refractivity contribution < 1.29 is 63.0 Å². The van der Waals surface area contributed by atoms with Crippen molar-refractivity contribution in [3.05, 3.63) is 65.2 Å². The number of aliphatic hydroxyl groups is 3. The van der Waals surface area contributed by atoms with Crippen molar-refractivity contribution >= 4 is 29.2 Å². The average Bonchev–Trinajstić information content (AvgIpc) is 3.04. The van der Waals surface area contributed by atoms with E-state index >= 15 is 4.39 Å². The van der Waals surface area contributed by atoms with E-state index in [0.29, 0.717) is 5.56 Å². The predicted molar refractivity (Wildman–Crippen MR) is 148 cm³/mol. The third kappa shape index (κ3) is 6.97. The van der Waals surface area contributed by atoms with E-state index < -0.39 is 54.3 Å². The van der Waals surface area contributed by atoms with E-state index in [-0.39, 0.29) is 47.1 Å². The molecule has 0 saturated carbocycles. The molecule has 238 valence electrons. The number of para-hydroxylation sites is 1. The maximum absolute atomic E-state index is 15.5. The maximum atomic E-state index is 15.5. The minimum absolute atomic E-state index is 0.0217. The molecule has 16 nitrogen and oxygen atoms in total. The molecule has 0 radical (unpaired) electrons. The SMILES string of the molecule is CON=C(C1=NOCCO1)c1ccccc1Oc1ncnc(Oc2ccc(O[C@@H]3O[C@H](C(=O)O)[C@@H](O)[C@H](O)[C@H]3O)cc2Cl)c1F. The third-order valence-corrected chi connectivity index (χ3v) is 6.49. The van der Waals surface area contributed by atoms with E-state index in [9.17, 15) is 25.2 Å². The van der Waals surface area contributed by atoms with Gasteiger partial charge in [-0.1, -0.05) is 28.9 Å². The van der Waals surface area contributed by atoms with Crippen molar-refractivity contribution in [2.75, 3.05) is 20.3 Å². The highest BCUT2D eigenvalue weighted by Crippen LogP contribution is 2.36. The summed E-state index contributed by atoms with van der Waals surface area (Å²) in [6.45, 7) is 0.466. The number of aliphatic hydroxyl groups excluding tert-OH is 3. The minimum atomic E-state index is -1.89. The smallest absolute Gasteiger partial charge is 0.335 e. The monoisotopic (exact) mass is 650 g/mol. The number of nitrogens with zero attached hydrogens (tertiary/aromatic N) is 4. The summed E-state index contributed by atoms with van der Waals surface area (Å²) in [6, 6.07) is 10.2. The molecule has 0 aliphatic carbocycles. The van der Waals surface area contributed by atoms with E-state index in [4.69, 9.17) is 45.0 Å². The third-order valence-electron chi connectivity index (χ3n) is 6.20. The fraction of sp³-hybridized carbons (Fsp3) is 0.296. The lowest BCUT2D eigenvalue weighted by Gasteiger charge is -2.38. The molecule has 18 heteroatoms. The zero-order valence-electron chi connectivity index (χ0n) is 23.0. The van der Waals surface area contributed by atoms with Crippen molar-refractivity contribution in [2.45, 2.75) is 30.7 Å². The van der Waals surface area contributed by atoms with Gasteiger partial charge in [-0.15, -0.1) is 0 Å². The van der Waals surface area contributed by atoms with E-state index in [0.717, 1.165) is 6.33 Å². The van der Waals surface area contributed by atoms with Crippen LogP contribution < -0.4 is 14.2 Å². The topological polar surface area (TPSA) is 213 Å². The normalized spacial score (nSPS) is 23.2. The van der Waals surface area contributed by atoms with Crippen LogP contribution in [-0.2, 0) is 23.9 Å². The Balaban J connectivity index is 1.33. The molecule has 0 amide bonds. The van der Waals surface area contributed by atoms with Crippen LogP contribution in [0.3, 0.4) is 0 Å². The number of hydrogen-bond donors (Lipinski definition) is 4. The van der Waals surface area contributed by atoms with Crippen LogP contribution in [0.15, 0.2) is 59.1 Å². The number of carboxylic acid groups (broad SMARTS) is 1. The standard InChI is InChI=1S/C27H24ClFN4O12/c1-39-32-18(25-33-41-9-8-40-25)13-4-2-3-5-15(13)43-23-17(29)24(31-11-30-23)44-16-7-6-12(10-14(16)28)42-27-21(36)19(34)20(35)22(45-27)26(37)38/h2-7,10-11,19-22,27,34-36H,8-9H2,1H3,(H,37,38)/t19-,20-,21+,22-,27+/m0/s1. The van der Waals surface area contributed by atoms with E-state index in [2.05, 4.69) is 20.3 Å². The minimum Gasteiger partial charge on any atom is -0.479 e. The van der Waals surface area contributed by atoms with Gasteiger partial charge in [-0.3, -0.25) is 0 Å². The van der Waals surface area contributed by atoms with Gasteiger partial charge in [0.1, 0.15) is 55.6 Å². The summed E-state index contributed by atoms with van der Waals surface area (Å²) in [5, 5.41) is 46.9. The summed E-state index contributed by atoms with van der Waals surface area (Å²) < 4.78 is 42.9.